The summed E-state index contributed by atoms with van der Waals surface area (Å²) in [6.07, 6.45) is 7.20. The molecule has 0 N–H and O–H groups in total. The van der Waals surface area contributed by atoms with Gasteiger partial charge in [-0.05, 0) is 11.6 Å². The number of allylic oxidation sites excluding steroid dienone is 1. The summed E-state index contributed by atoms with van der Waals surface area (Å²) in [4.78, 5) is 12.0. The van der Waals surface area contributed by atoms with E-state index < -0.39 is 0 Å². The third kappa shape index (κ3) is 3.47. The highest BCUT2D eigenvalue weighted by atomic mass is 15.1. The summed E-state index contributed by atoms with van der Waals surface area (Å²) in [6.45, 7) is 7.57. The topological polar surface area (TPSA) is 34.0 Å². The predicted molar refractivity (Wildman–Crippen MR) is 117 cm³/mol. The summed E-state index contributed by atoms with van der Waals surface area (Å²) >= 11 is 0. The molecule has 1 aliphatic rings. The molecule has 0 bridgehead atoms. The number of rotatable bonds is 5. The maximum atomic E-state index is 4.85. The van der Waals surface area contributed by atoms with Crippen molar-refractivity contribution < 1.29 is 0 Å². The lowest BCUT2D eigenvalue weighted by Gasteiger charge is -2.28. The van der Waals surface area contributed by atoms with Crippen LogP contribution in [0, 0.1) is 0 Å². The molecule has 4 aromatic rings. The second kappa shape index (κ2) is 7.64. The van der Waals surface area contributed by atoms with Gasteiger partial charge in [-0.15, -0.1) is 6.58 Å². The van der Waals surface area contributed by atoms with E-state index in [2.05, 4.69) is 63.6 Å². The van der Waals surface area contributed by atoms with Crippen LogP contribution in [-0.4, -0.2) is 26.0 Å². The third-order valence-electron chi connectivity index (χ3n) is 5.64. The molecule has 1 aliphatic heterocycles. The SMILES string of the molecule is C=CCn1cc(CN2CCc3nc(-c4ccccc4)ncc3C2)c2ccccc21. The minimum atomic E-state index is 0.824. The van der Waals surface area contributed by atoms with Gasteiger partial charge in [0, 0.05) is 67.0 Å². The summed E-state index contributed by atoms with van der Waals surface area (Å²) in [7, 11) is 0. The largest absolute Gasteiger partial charge is 0.343 e. The highest BCUT2D eigenvalue weighted by Gasteiger charge is 2.20. The molecule has 0 radical (unpaired) electrons. The number of benzene rings is 2. The van der Waals surface area contributed by atoms with E-state index in [1.807, 2.05) is 30.5 Å². The van der Waals surface area contributed by atoms with Gasteiger partial charge < -0.3 is 4.57 Å². The molecule has 29 heavy (non-hydrogen) atoms. The fourth-order valence-corrected chi connectivity index (χ4v) is 4.22. The van der Waals surface area contributed by atoms with Crippen LogP contribution >= 0.6 is 0 Å². The molecule has 0 atom stereocenters. The number of para-hydroxylation sites is 1. The summed E-state index contributed by atoms with van der Waals surface area (Å²) in [5.41, 5.74) is 6.14. The average molecular weight is 380 g/mol. The minimum Gasteiger partial charge on any atom is -0.343 e. The van der Waals surface area contributed by atoms with Crippen molar-refractivity contribution in [2.45, 2.75) is 26.1 Å². The molecule has 5 rings (SSSR count). The van der Waals surface area contributed by atoms with Crippen LogP contribution in [0.3, 0.4) is 0 Å². The van der Waals surface area contributed by atoms with Gasteiger partial charge in [-0.1, -0.05) is 54.6 Å². The van der Waals surface area contributed by atoms with Crippen molar-refractivity contribution in [1.82, 2.24) is 19.4 Å². The van der Waals surface area contributed by atoms with Crippen LogP contribution in [0.25, 0.3) is 22.3 Å². The number of aromatic nitrogens is 3. The quantitative estimate of drug-likeness (QED) is 0.465. The van der Waals surface area contributed by atoms with Gasteiger partial charge in [0.15, 0.2) is 5.82 Å². The van der Waals surface area contributed by atoms with Crippen molar-refractivity contribution in [3.05, 3.63) is 96.5 Å². The summed E-state index contributed by atoms with van der Waals surface area (Å²) in [5.74, 6) is 0.824. The van der Waals surface area contributed by atoms with Crippen molar-refractivity contribution in [3.63, 3.8) is 0 Å². The second-order valence-corrected chi connectivity index (χ2v) is 7.60. The van der Waals surface area contributed by atoms with Gasteiger partial charge in [0.2, 0.25) is 0 Å². The zero-order chi connectivity index (χ0) is 19.6. The van der Waals surface area contributed by atoms with E-state index in [4.69, 9.17) is 4.98 Å². The first kappa shape index (κ1) is 17.8. The van der Waals surface area contributed by atoms with Crippen LogP contribution < -0.4 is 0 Å². The Morgan fingerprint density at radius 1 is 1.03 bits per heavy atom. The Balaban J connectivity index is 1.38. The maximum Gasteiger partial charge on any atom is 0.159 e. The Morgan fingerprint density at radius 2 is 1.86 bits per heavy atom. The van der Waals surface area contributed by atoms with Crippen LogP contribution in [-0.2, 0) is 26.1 Å². The smallest absolute Gasteiger partial charge is 0.159 e. The second-order valence-electron chi connectivity index (χ2n) is 7.60. The van der Waals surface area contributed by atoms with Gasteiger partial charge in [0.1, 0.15) is 0 Å². The maximum absolute atomic E-state index is 4.85. The highest BCUT2D eigenvalue weighted by Crippen LogP contribution is 2.26. The van der Waals surface area contributed by atoms with Gasteiger partial charge in [0.25, 0.3) is 0 Å². The van der Waals surface area contributed by atoms with E-state index in [-0.39, 0.29) is 0 Å². The number of hydrogen-bond donors (Lipinski definition) is 0. The molecule has 2 aromatic carbocycles. The molecule has 0 saturated heterocycles. The van der Waals surface area contributed by atoms with Crippen molar-refractivity contribution in [2.24, 2.45) is 0 Å². The lowest BCUT2D eigenvalue weighted by atomic mass is 10.1. The molecule has 0 fully saturated rings. The average Bonchev–Trinajstić information content (AvgIpc) is 3.12. The first-order chi connectivity index (χ1) is 14.3. The van der Waals surface area contributed by atoms with Crippen LogP contribution in [0.5, 0.6) is 0 Å². The van der Waals surface area contributed by atoms with E-state index in [9.17, 15) is 0 Å². The van der Waals surface area contributed by atoms with Crippen LogP contribution in [0.4, 0.5) is 0 Å². The van der Waals surface area contributed by atoms with Crippen LogP contribution in [0.15, 0.2) is 79.6 Å². The molecule has 0 saturated carbocycles. The Kier molecular flexibility index (Phi) is 4.70. The Hall–Kier alpha value is -3.24. The molecule has 0 amide bonds. The molecule has 0 spiro atoms. The first-order valence-corrected chi connectivity index (χ1v) is 10.1. The number of hydrogen-bond acceptors (Lipinski definition) is 3. The lowest BCUT2D eigenvalue weighted by molar-refractivity contribution is 0.243. The molecule has 4 heteroatoms. The van der Waals surface area contributed by atoms with Gasteiger partial charge in [-0.25, -0.2) is 9.97 Å². The molecular weight excluding hydrogens is 356 g/mol. The highest BCUT2D eigenvalue weighted by molar-refractivity contribution is 5.84. The number of fused-ring (bicyclic) bond motifs is 2. The molecule has 144 valence electrons. The van der Waals surface area contributed by atoms with Crippen LogP contribution in [0.2, 0.25) is 0 Å². The molecule has 0 aliphatic carbocycles. The first-order valence-electron chi connectivity index (χ1n) is 10.1. The molecule has 4 nitrogen and oxygen atoms in total. The summed E-state index contributed by atoms with van der Waals surface area (Å²) < 4.78 is 2.28. The lowest BCUT2D eigenvalue weighted by Crippen LogP contribution is -2.30. The third-order valence-corrected chi connectivity index (χ3v) is 5.64. The van der Waals surface area contributed by atoms with Crippen LogP contribution in [0.1, 0.15) is 16.8 Å². The Morgan fingerprint density at radius 3 is 2.72 bits per heavy atom. The van der Waals surface area contributed by atoms with E-state index in [1.54, 1.807) is 0 Å². The Labute approximate surface area is 171 Å². The van der Waals surface area contributed by atoms with Gasteiger partial charge in [-0.2, -0.15) is 0 Å². The molecule has 2 aromatic heterocycles. The standard InChI is InChI=1S/C25H24N4/c1-2-13-29-18-21(22-10-6-7-11-24(22)29)17-28-14-12-23-20(16-28)15-26-25(27-23)19-8-4-3-5-9-19/h2-11,15,18H,1,12-14,16-17H2. The monoisotopic (exact) mass is 380 g/mol. The molecule has 0 unspecified atom stereocenters. The molecule has 3 heterocycles. The van der Waals surface area contributed by atoms with E-state index >= 15 is 0 Å². The van der Waals surface area contributed by atoms with Crippen molar-refractivity contribution in [3.8, 4) is 11.4 Å². The van der Waals surface area contributed by atoms with E-state index in [0.717, 1.165) is 44.0 Å². The number of nitrogens with zero attached hydrogens (tertiary/aromatic N) is 4. The van der Waals surface area contributed by atoms with Gasteiger partial charge in [-0.3, -0.25) is 4.90 Å². The van der Waals surface area contributed by atoms with Gasteiger partial charge in [0.05, 0.1) is 5.69 Å². The molecular formula is C25H24N4. The summed E-state index contributed by atoms with van der Waals surface area (Å²) in [5, 5.41) is 1.33. The zero-order valence-corrected chi connectivity index (χ0v) is 16.5. The summed E-state index contributed by atoms with van der Waals surface area (Å²) in [6, 6.07) is 18.8. The minimum absolute atomic E-state index is 0.824. The fraction of sp³-hybridized carbons (Fsp3) is 0.200. The van der Waals surface area contributed by atoms with Gasteiger partial charge >= 0.3 is 0 Å². The van der Waals surface area contributed by atoms with Crippen molar-refractivity contribution in [2.75, 3.05) is 6.54 Å². The Bertz CT molecular complexity index is 1160. The van der Waals surface area contributed by atoms with E-state index in [0.29, 0.717) is 0 Å². The zero-order valence-electron chi connectivity index (χ0n) is 16.5. The normalized spacial score (nSPS) is 14.1. The van der Waals surface area contributed by atoms with Crippen molar-refractivity contribution in [1.29, 1.82) is 0 Å². The fourth-order valence-electron chi connectivity index (χ4n) is 4.22. The predicted octanol–water partition coefficient (Wildman–Crippen LogP) is 4.84. The van der Waals surface area contributed by atoms with Crippen molar-refractivity contribution >= 4 is 10.9 Å². The van der Waals surface area contributed by atoms with E-state index in [1.165, 1.54) is 27.7 Å².